The Morgan fingerprint density at radius 2 is 1.93 bits per heavy atom. The van der Waals surface area contributed by atoms with E-state index in [-0.39, 0.29) is 29.1 Å². The number of carbonyl (C=O) groups excluding carboxylic acids is 1. The molecule has 1 N–H and O–H groups in total. The summed E-state index contributed by atoms with van der Waals surface area (Å²) in [4.78, 5) is 12.4. The van der Waals surface area contributed by atoms with Gasteiger partial charge in [-0.25, -0.2) is 8.42 Å². The molecule has 7 nitrogen and oxygen atoms in total. The van der Waals surface area contributed by atoms with Crippen molar-refractivity contribution in [1.82, 2.24) is 14.8 Å². The van der Waals surface area contributed by atoms with Gasteiger partial charge in [-0.3, -0.25) is 4.79 Å². The molecule has 0 radical (unpaired) electrons. The second kappa shape index (κ2) is 8.24. The lowest BCUT2D eigenvalue weighted by Crippen LogP contribution is -2.16. The van der Waals surface area contributed by atoms with Crippen molar-refractivity contribution >= 4 is 33.2 Å². The van der Waals surface area contributed by atoms with Gasteiger partial charge in [-0.1, -0.05) is 29.5 Å². The maximum atomic E-state index is 12.4. The van der Waals surface area contributed by atoms with Gasteiger partial charge in [0.2, 0.25) is 5.91 Å². The normalized spacial score (nSPS) is 18.4. The summed E-state index contributed by atoms with van der Waals surface area (Å²) >= 11 is 1.33. The Bertz CT molecular complexity index is 976. The number of thioether (sulfide) groups is 1. The van der Waals surface area contributed by atoms with Crippen molar-refractivity contribution in [1.29, 1.82) is 0 Å². The molecule has 2 heterocycles. The number of amides is 1. The molecular formula is C19H26N4O3S2. The molecule has 0 unspecified atom stereocenters. The Kier molecular flexibility index (Phi) is 6.14. The molecule has 2 aromatic rings. The molecule has 9 heteroatoms. The van der Waals surface area contributed by atoms with Crippen molar-refractivity contribution in [3.63, 3.8) is 0 Å². The van der Waals surface area contributed by atoms with Crippen molar-refractivity contribution in [3.8, 4) is 0 Å². The predicted octanol–water partition coefficient (Wildman–Crippen LogP) is 2.45. The summed E-state index contributed by atoms with van der Waals surface area (Å²) < 4.78 is 25.1. The molecule has 0 spiro atoms. The largest absolute Gasteiger partial charge is 0.325 e. The third-order valence-corrected chi connectivity index (χ3v) is 7.85. The molecule has 28 heavy (non-hydrogen) atoms. The Hall–Kier alpha value is -1.87. The lowest BCUT2D eigenvalue weighted by Gasteiger charge is -2.12. The van der Waals surface area contributed by atoms with E-state index in [1.54, 1.807) is 0 Å². The molecule has 0 saturated carbocycles. The van der Waals surface area contributed by atoms with Crippen LogP contribution < -0.4 is 5.32 Å². The zero-order valence-corrected chi connectivity index (χ0v) is 18.3. The van der Waals surface area contributed by atoms with E-state index in [0.717, 1.165) is 22.6 Å². The quantitative estimate of drug-likeness (QED) is 0.719. The number of nitrogens with zero attached hydrogens (tertiary/aromatic N) is 3. The Labute approximate surface area is 170 Å². The molecule has 0 aliphatic carbocycles. The first-order valence-corrected chi connectivity index (χ1v) is 12.0. The molecule has 1 aliphatic heterocycles. The molecule has 1 aliphatic rings. The first kappa shape index (κ1) is 20.9. The fourth-order valence-corrected chi connectivity index (χ4v) is 6.21. The first-order valence-electron chi connectivity index (χ1n) is 9.24. The van der Waals surface area contributed by atoms with Gasteiger partial charge in [-0.15, -0.1) is 10.2 Å². The summed E-state index contributed by atoms with van der Waals surface area (Å²) in [5.41, 5.74) is 4.12. The van der Waals surface area contributed by atoms with E-state index in [4.69, 9.17) is 0 Å². The minimum atomic E-state index is -2.90. The minimum Gasteiger partial charge on any atom is -0.325 e. The van der Waals surface area contributed by atoms with E-state index in [9.17, 15) is 13.2 Å². The molecule has 1 saturated heterocycles. The van der Waals surface area contributed by atoms with Crippen molar-refractivity contribution in [2.75, 3.05) is 22.6 Å². The number of aryl methyl sites for hydroxylation is 3. The van der Waals surface area contributed by atoms with Crippen LogP contribution in [0.25, 0.3) is 0 Å². The maximum absolute atomic E-state index is 12.4. The summed E-state index contributed by atoms with van der Waals surface area (Å²) in [6, 6.07) is 4.10. The second-order valence-corrected chi connectivity index (χ2v) is 10.7. The number of hydrogen-bond acceptors (Lipinski definition) is 6. The fraction of sp³-hybridized carbons (Fsp3) is 0.526. The zero-order valence-electron chi connectivity index (χ0n) is 16.7. The van der Waals surface area contributed by atoms with Crippen molar-refractivity contribution in [2.45, 2.75) is 38.8 Å². The van der Waals surface area contributed by atoms with E-state index < -0.39 is 9.84 Å². The van der Waals surface area contributed by atoms with Crippen LogP contribution in [-0.4, -0.2) is 46.3 Å². The van der Waals surface area contributed by atoms with Gasteiger partial charge in [0.05, 0.1) is 17.3 Å². The molecule has 1 amide bonds. The Morgan fingerprint density at radius 1 is 1.25 bits per heavy atom. The molecule has 0 bridgehead atoms. The lowest BCUT2D eigenvalue weighted by molar-refractivity contribution is -0.113. The highest BCUT2D eigenvalue weighted by Gasteiger charge is 2.29. The summed E-state index contributed by atoms with van der Waals surface area (Å²) in [7, 11) is -1.04. The van der Waals surface area contributed by atoms with Gasteiger partial charge in [-0.2, -0.15) is 0 Å². The van der Waals surface area contributed by atoms with Gasteiger partial charge in [0, 0.05) is 19.2 Å². The number of sulfone groups is 1. The van der Waals surface area contributed by atoms with E-state index in [1.807, 2.05) is 44.5 Å². The number of aromatic nitrogens is 3. The van der Waals surface area contributed by atoms with Crippen LogP contribution >= 0.6 is 11.8 Å². The lowest BCUT2D eigenvalue weighted by atomic mass is 10.1. The fourth-order valence-electron chi connectivity index (χ4n) is 3.62. The number of benzene rings is 1. The van der Waals surface area contributed by atoms with Crippen molar-refractivity contribution in [2.24, 2.45) is 13.0 Å². The van der Waals surface area contributed by atoms with Crippen molar-refractivity contribution in [3.05, 3.63) is 34.6 Å². The number of hydrogen-bond donors (Lipinski definition) is 1. The summed E-state index contributed by atoms with van der Waals surface area (Å²) in [5.74, 6) is 1.48. The van der Waals surface area contributed by atoms with Crippen LogP contribution in [0.4, 0.5) is 5.69 Å². The van der Waals surface area contributed by atoms with Gasteiger partial charge in [-0.05, 0) is 44.2 Å². The molecule has 1 atom stereocenters. The van der Waals surface area contributed by atoms with E-state index in [1.165, 1.54) is 17.3 Å². The van der Waals surface area contributed by atoms with Gasteiger partial charge < -0.3 is 9.88 Å². The highest BCUT2D eigenvalue weighted by molar-refractivity contribution is 7.99. The van der Waals surface area contributed by atoms with E-state index >= 15 is 0 Å². The smallest absolute Gasteiger partial charge is 0.234 e. The van der Waals surface area contributed by atoms with Gasteiger partial charge >= 0.3 is 0 Å². The topological polar surface area (TPSA) is 94.0 Å². The van der Waals surface area contributed by atoms with E-state index in [2.05, 4.69) is 15.5 Å². The monoisotopic (exact) mass is 422 g/mol. The van der Waals surface area contributed by atoms with Crippen molar-refractivity contribution < 1.29 is 13.2 Å². The first-order chi connectivity index (χ1) is 13.1. The highest BCUT2D eigenvalue weighted by Crippen LogP contribution is 2.25. The van der Waals surface area contributed by atoms with Gasteiger partial charge in [0.15, 0.2) is 15.0 Å². The van der Waals surface area contributed by atoms with Crippen LogP contribution in [0.3, 0.4) is 0 Å². The summed E-state index contributed by atoms with van der Waals surface area (Å²) in [6.07, 6.45) is 1.27. The Balaban J connectivity index is 1.58. The average molecular weight is 423 g/mol. The maximum Gasteiger partial charge on any atom is 0.234 e. The zero-order chi connectivity index (χ0) is 20.5. The minimum absolute atomic E-state index is 0.0912. The predicted molar refractivity (Wildman–Crippen MR) is 111 cm³/mol. The Morgan fingerprint density at radius 3 is 2.54 bits per heavy atom. The van der Waals surface area contributed by atoms with Crippen LogP contribution in [0.2, 0.25) is 0 Å². The van der Waals surface area contributed by atoms with Crippen LogP contribution in [0.5, 0.6) is 0 Å². The second-order valence-electron chi connectivity index (χ2n) is 7.54. The van der Waals surface area contributed by atoms with Crippen LogP contribution in [0.1, 0.15) is 28.9 Å². The van der Waals surface area contributed by atoms with Crippen LogP contribution in [0.15, 0.2) is 17.3 Å². The van der Waals surface area contributed by atoms with Gasteiger partial charge in [0.1, 0.15) is 5.82 Å². The van der Waals surface area contributed by atoms with E-state index in [0.29, 0.717) is 18.0 Å². The molecule has 3 rings (SSSR count). The number of carbonyl (C=O) groups is 1. The SMILES string of the molecule is Cc1cc(C)c(NC(=O)CSc2nnc(C[C@H]3CCS(=O)(=O)C3)n2C)c(C)c1. The standard InChI is InChI=1S/C19H26N4O3S2/c1-12-7-13(2)18(14(3)8-12)20-17(24)10-27-19-22-21-16(23(19)4)9-15-5-6-28(25,26)11-15/h7-8,15H,5-6,9-11H2,1-4H3,(H,20,24)/t15-/m1/s1. The van der Waals surface area contributed by atoms with Crippen LogP contribution in [-0.2, 0) is 28.1 Å². The summed E-state index contributed by atoms with van der Waals surface area (Å²) in [5, 5.41) is 12.0. The number of anilines is 1. The average Bonchev–Trinajstić information content (AvgIpc) is 3.12. The molecule has 152 valence electrons. The van der Waals surface area contributed by atoms with Crippen LogP contribution in [0, 0.1) is 26.7 Å². The molecular weight excluding hydrogens is 396 g/mol. The van der Waals surface area contributed by atoms with Gasteiger partial charge in [0.25, 0.3) is 0 Å². The molecule has 1 fully saturated rings. The number of nitrogens with one attached hydrogen (secondary N) is 1. The third kappa shape index (κ3) is 4.94. The highest BCUT2D eigenvalue weighted by atomic mass is 32.2. The number of rotatable bonds is 6. The molecule has 1 aromatic carbocycles. The molecule has 1 aromatic heterocycles. The third-order valence-electron chi connectivity index (χ3n) is 5.00. The summed E-state index contributed by atoms with van der Waals surface area (Å²) in [6.45, 7) is 6.01.